The molecule has 0 aliphatic heterocycles. The molecule has 4 rings (SSSR count). The van der Waals surface area contributed by atoms with E-state index < -0.39 is 15.9 Å². The summed E-state index contributed by atoms with van der Waals surface area (Å²) >= 11 is 0. The Morgan fingerprint density at radius 1 is 0.923 bits per heavy atom. The topological polar surface area (TPSA) is 93.5 Å². The van der Waals surface area contributed by atoms with Gasteiger partial charge < -0.3 is 10.1 Å². The molecule has 0 atom stereocenters. The zero-order valence-corrected chi connectivity index (χ0v) is 23.7. The molecular formula is C30H34N4O4S. The number of ether oxygens (including phenoxy) is 1. The van der Waals surface area contributed by atoms with Crippen LogP contribution in [0.5, 0.6) is 0 Å². The number of sulfonamides is 1. The van der Waals surface area contributed by atoms with Crippen molar-refractivity contribution in [3.8, 4) is 16.9 Å². The number of benzene rings is 3. The molecule has 204 valence electrons. The molecule has 0 bridgehead atoms. The van der Waals surface area contributed by atoms with Crippen LogP contribution >= 0.6 is 0 Å². The molecule has 1 heterocycles. The zero-order valence-electron chi connectivity index (χ0n) is 22.9. The lowest BCUT2D eigenvalue weighted by molar-refractivity contribution is -0.116. The Morgan fingerprint density at radius 3 is 2.18 bits per heavy atom. The molecule has 0 saturated heterocycles. The summed E-state index contributed by atoms with van der Waals surface area (Å²) in [5.41, 5.74) is 5.70. The number of methoxy groups -OCH3 is 1. The third-order valence-electron chi connectivity index (χ3n) is 6.39. The van der Waals surface area contributed by atoms with Gasteiger partial charge in [-0.2, -0.15) is 9.40 Å². The number of rotatable bonds is 10. The monoisotopic (exact) mass is 546 g/mol. The molecule has 1 amide bonds. The summed E-state index contributed by atoms with van der Waals surface area (Å²) in [4.78, 5) is 13.6. The lowest BCUT2D eigenvalue weighted by Gasteiger charge is -2.24. The van der Waals surface area contributed by atoms with Gasteiger partial charge in [0.25, 0.3) is 0 Å². The van der Waals surface area contributed by atoms with Crippen LogP contribution in [0.4, 0.5) is 5.82 Å². The van der Waals surface area contributed by atoms with Gasteiger partial charge in [-0.1, -0.05) is 65.7 Å². The van der Waals surface area contributed by atoms with E-state index in [4.69, 9.17) is 9.84 Å². The van der Waals surface area contributed by atoms with Crippen molar-refractivity contribution in [1.29, 1.82) is 0 Å². The van der Waals surface area contributed by atoms with Crippen molar-refractivity contribution in [2.45, 2.75) is 32.6 Å². The van der Waals surface area contributed by atoms with Crippen LogP contribution in [0.15, 0.2) is 77.7 Å². The van der Waals surface area contributed by atoms with Gasteiger partial charge in [-0.25, -0.2) is 13.1 Å². The Morgan fingerprint density at radius 2 is 1.56 bits per heavy atom. The first-order chi connectivity index (χ1) is 18.6. The summed E-state index contributed by atoms with van der Waals surface area (Å²) < 4.78 is 35.5. The summed E-state index contributed by atoms with van der Waals surface area (Å²) in [5, 5.41) is 7.64. The minimum atomic E-state index is -3.97. The number of nitrogens with zero attached hydrogens (tertiary/aromatic N) is 3. The fourth-order valence-corrected chi connectivity index (χ4v) is 6.42. The predicted octanol–water partition coefficient (Wildman–Crippen LogP) is 5.05. The van der Waals surface area contributed by atoms with Crippen molar-refractivity contribution in [2.75, 3.05) is 32.1 Å². The van der Waals surface area contributed by atoms with Gasteiger partial charge in [0.05, 0.1) is 29.4 Å². The lowest BCUT2D eigenvalue weighted by atomic mass is 10.1. The Balaban J connectivity index is 1.67. The molecule has 39 heavy (non-hydrogen) atoms. The molecule has 4 aromatic rings. The van der Waals surface area contributed by atoms with Crippen molar-refractivity contribution in [3.63, 3.8) is 0 Å². The molecular weight excluding hydrogens is 512 g/mol. The smallest absolute Gasteiger partial charge is 0.244 e. The molecule has 8 nitrogen and oxygen atoms in total. The van der Waals surface area contributed by atoms with E-state index in [0.29, 0.717) is 22.6 Å². The van der Waals surface area contributed by atoms with Crippen LogP contribution in [0, 0.1) is 27.7 Å². The first-order valence-electron chi connectivity index (χ1n) is 12.7. The quantitative estimate of drug-likeness (QED) is 0.301. The predicted molar refractivity (Wildman–Crippen MR) is 154 cm³/mol. The number of amides is 1. The molecule has 0 aliphatic rings. The van der Waals surface area contributed by atoms with E-state index in [0.717, 1.165) is 22.4 Å². The van der Waals surface area contributed by atoms with Gasteiger partial charge in [-0.15, -0.1) is 0 Å². The third-order valence-corrected chi connectivity index (χ3v) is 8.54. The van der Waals surface area contributed by atoms with Crippen molar-refractivity contribution in [3.05, 3.63) is 95.1 Å². The number of aryl methyl sites for hydroxylation is 4. The SMILES string of the molecule is COCCN(CC(=O)Nc1cc(-c2ccccc2)nn1-c1ccc(C)cc1)S(=O)(=O)c1c(C)cc(C)cc1C. The minimum absolute atomic E-state index is 0.0332. The van der Waals surface area contributed by atoms with Crippen molar-refractivity contribution < 1.29 is 17.9 Å². The first-order valence-corrected chi connectivity index (χ1v) is 14.1. The van der Waals surface area contributed by atoms with Crippen molar-refractivity contribution >= 4 is 21.7 Å². The molecule has 0 unspecified atom stereocenters. The minimum Gasteiger partial charge on any atom is -0.383 e. The average Bonchev–Trinajstić information content (AvgIpc) is 3.30. The summed E-state index contributed by atoms with van der Waals surface area (Å²) in [7, 11) is -2.48. The highest BCUT2D eigenvalue weighted by atomic mass is 32.2. The Hall–Kier alpha value is -3.79. The Kier molecular flexibility index (Phi) is 8.64. The van der Waals surface area contributed by atoms with Crippen LogP contribution in [0.2, 0.25) is 0 Å². The maximum Gasteiger partial charge on any atom is 0.244 e. The van der Waals surface area contributed by atoms with Gasteiger partial charge in [-0.05, 0) is 51.0 Å². The fourth-order valence-electron chi connectivity index (χ4n) is 4.63. The van der Waals surface area contributed by atoms with Gasteiger partial charge in [0.1, 0.15) is 5.82 Å². The maximum atomic E-state index is 13.8. The normalized spacial score (nSPS) is 11.6. The summed E-state index contributed by atoms with van der Waals surface area (Å²) in [6, 6.07) is 22.9. The van der Waals surface area contributed by atoms with Crippen LogP contribution in [0.1, 0.15) is 22.3 Å². The van der Waals surface area contributed by atoms with E-state index in [-0.39, 0.29) is 24.6 Å². The van der Waals surface area contributed by atoms with E-state index >= 15 is 0 Å². The number of aromatic nitrogens is 2. The highest BCUT2D eigenvalue weighted by molar-refractivity contribution is 7.89. The Labute approximate surface area is 230 Å². The van der Waals surface area contributed by atoms with Crippen molar-refractivity contribution in [1.82, 2.24) is 14.1 Å². The molecule has 9 heteroatoms. The van der Waals surface area contributed by atoms with Gasteiger partial charge in [0.15, 0.2) is 0 Å². The van der Waals surface area contributed by atoms with Crippen LogP contribution < -0.4 is 5.32 Å². The largest absolute Gasteiger partial charge is 0.383 e. The standard InChI is InChI=1S/C30H34N4O4S/c1-21-11-13-26(14-12-21)34-28(19-27(32-34)25-9-7-6-8-10-25)31-29(35)20-33(15-16-38-5)39(36,37)30-23(3)17-22(2)18-24(30)4/h6-14,17-19H,15-16,20H2,1-5H3,(H,31,35). The number of hydrogen-bond donors (Lipinski definition) is 1. The summed E-state index contributed by atoms with van der Waals surface area (Å²) in [6.07, 6.45) is 0. The second-order valence-electron chi connectivity index (χ2n) is 9.64. The van der Waals surface area contributed by atoms with Gasteiger partial charge in [-0.3, -0.25) is 4.79 Å². The van der Waals surface area contributed by atoms with E-state index in [9.17, 15) is 13.2 Å². The first kappa shape index (κ1) is 28.2. The zero-order chi connectivity index (χ0) is 28.2. The number of hydrogen-bond acceptors (Lipinski definition) is 5. The molecule has 1 N–H and O–H groups in total. The lowest BCUT2D eigenvalue weighted by Crippen LogP contribution is -2.40. The fraction of sp³-hybridized carbons (Fsp3) is 0.267. The molecule has 0 radical (unpaired) electrons. The second kappa shape index (κ2) is 11.9. The van der Waals surface area contributed by atoms with Crippen LogP contribution in [-0.4, -0.2) is 55.2 Å². The van der Waals surface area contributed by atoms with Crippen molar-refractivity contribution in [2.24, 2.45) is 0 Å². The molecule has 0 aliphatic carbocycles. The summed E-state index contributed by atoms with van der Waals surface area (Å²) in [6.45, 7) is 7.27. The molecule has 0 spiro atoms. The van der Waals surface area contributed by atoms with Gasteiger partial charge >= 0.3 is 0 Å². The molecule has 0 fully saturated rings. The average molecular weight is 547 g/mol. The number of carbonyl (C=O) groups excluding carboxylic acids is 1. The van der Waals surface area contributed by atoms with E-state index in [2.05, 4.69) is 5.32 Å². The van der Waals surface area contributed by atoms with Gasteiger partial charge in [0, 0.05) is 25.3 Å². The number of carbonyl (C=O) groups is 1. The summed E-state index contributed by atoms with van der Waals surface area (Å²) in [5.74, 6) is -0.0422. The second-order valence-corrected chi connectivity index (χ2v) is 11.5. The number of anilines is 1. The van der Waals surface area contributed by atoms with E-state index in [1.165, 1.54) is 11.4 Å². The van der Waals surface area contributed by atoms with Crippen LogP contribution in [0.25, 0.3) is 16.9 Å². The molecule has 1 aromatic heterocycles. The number of nitrogens with one attached hydrogen (secondary N) is 1. The van der Waals surface area contributed by atoms with Crippen LogP contribution in [-0.2, 0) is 19.6 Å². The molecule has 0 saturated carbocycles. The molecule has 3 aromatic carbocycles. The third kappa shape index (κ3) is 6.44. The van der Waals surface area contributed by atoms with E-state index in [1.54, 1.807) is 24.6 Å². The van der Waals surface area contributed by atoms with E-state index in [1.807, 2.05) is 80.6 Å². The van der Waals surface area contributed by atoms with Gasteiger partial charge in [0.2, 0.25) is 15.9 Å². The maximum absolute atomic E-state index is 13.8. The highest BCUT2D eigenvalue weighted by Crippen LogP contribution is 2.27. The Bertz CT molecular complexity index is 1540. The highest BCUT2D eigenvalue weighted by Gasteiger charge is 2.30. The van der Waals surface area contributed by atoms with Crippen LogP contribution in [0.3, 0.4) is 0 Å².